The van der Waals surface area contributed by atoms with Gasteiger partial charge in [-0.2, -0.15) is 0 Å². The second-order valence-corrected chi connectivity index (χ2v) is 5.10. The summed E-state index contributed by atoms with van der Waals surface area (Å²) in [6, 6.07) is 0. The first-order chi connectivity index (χ1) is 8.85. The van der Waals surface area contributed by atoms with Gasteiger partial charge in [-0.05, 0) is 19.3 Å². The van der Waals surface area contributed by atoms with Crippen LogP contribution in [-0.4, -0.2) is 25.9 Å². The minimum absolute atomic E-state index is 0.464. The van der Waals surface area contributed by atoms with Crippen LogP contribution in [0.3, 0.4) is 0 Å². The van der Waals surface area contributed by atoms with Gasteiger partial charge in [-0.25, -0.2) is 0 Å². The highest BCUT2D eigenvalue weighted by molar-refractivity contribution is 4.59. The summed E-state index contributed by atoms with van der Waals surface area (Å²) in [5, 5.41) is 0. The molecule has 0 aromatic carbocycles. The van der Waals surface area contributed by atoms with Crippen LogP contribution in [0, 0.1) is 0 Å². The van der Waals surface area contributed by atoms with Crippen LogP contribution >= 0.6 is 0 Å². The fraction of sp³-hybridized carbons (Fsp3) is 1.00. The molecule has 0 amide bonds. The van der Waals surface area contributed by atoms with Gasteiger partial charge in [-0.1, -0.05) is 59.3 Å². The summed E-state index contributed by atoms with van der Waals surface area (Å²) in [6.07, 6.45) is 11.8. The van der Waals surface area contributed by atoms with Crippen molar-refractivity contribution in [1.29, 1.82) is 0 Å². The van der Waals surface area contributed by atoms with Gasteiger partial charge < -0.3 is 9.47 Å². The van der Waals surface area contributed by atoms with Crippen LogP contribution in [0.4, 0.5) is 0 Å². The van der Waals surface area contributed by atoms with Crippen LogP contribution in [0.1, 0.15) is 78.6 Å². The van der Waals surface area contributed by atoms with Crippen molar-refractivity contribution in [2.24, 2.45) is 0 Å². The molecular weight excluding hydrogens is 224 g/mol. The second kappa shape index (κ2) is 15.0. The van der Waals surface area contributed by atoms with Crippen LogP contribution in [0.5, 0.6) is 0 Å². The third-order valence-electron chi connectivity index (χ3n) is 3.23. The van der Waals surface area contributed by atoms with Crippen molar-refractivity contribution >= 4 is 0 Å². The van der Waals surface area contributed by atoms with Crippen LogP contribution in [0.15, 0.2) is 0 Å². The highest BCUT2D eigenvalue weighted by atomic mass is 16.5. The number of ether oxygens (including phenoxy) is 2. The van der Waals surface area contributed by atoms with Gasteiger partial charge in [-0.15, -0.1) is 0 Å². The molecule has 0 radical (unpaired) electrons. The standard InChI is InChI=1S/C16H34O2/c1-4-7-10-12-16(11-8-5-2)18-15-14-17-13-9-6-3/h16H,4-15H2,1-3H3. The molecule has 18 heavy (non-hydrogen) atoms. The lowest BCUT2D eigenvalue weighted by Crippen LogP contribution is -2.16. The summed E-state index contributed by atoms with van der Waals surface area (Å²) in [4.78, 5) is 0. The first kappa shape index (κ1) is 17.9. The van der Waals surface area contributed by atoms with Gasteiger partial charge >= 0.3 is 0 Å². The van der Waals surface area contributed by atoms with E-state index in [0.717, 1.165) is 26.2 Å². The Kier molecular flexibility index (Phi) is 14.9. The molecule has 0 saturated carbocycles. The van der Waals surface area contributed by atoms with E-state index in [1.165, 1.54) is 51.4 Å². The quantitative estimate of drug-likeness (QED) is 0.410. The van der Waals surface area contributed by atoms with Crippen molar-refractivity contribution in [3.8, 4) is 0 Å². The molecule has 0 aromatic heterocycles. The Hall–Kier alpha value is -0.0800. The third-order valence-corrected chi connectivity index (χ3v) is 3.23. The smallest absolute Gasteiger partial charge is 0.0704 e. The minimum Gasteiger partial charge on any atom is -0.379 e. The fourth-order valence-corrected chi connectivity index (χ4v) is 1.99. The first-order valence-electron chi connectivity index (χ1n) is 8.04. The fourth-order valence-electron chi connectivity index (χ4n) is 1.99. The molecule has 2 nitrogen and oxygen atoms in total. The molecule has 0 aliphatic heterocycles. The highest BCUT2D eigenvalue weighted by Crippen LogP contribution is 2.13. The molecule has 110 valence electrons. The molecule has 0 rings (SSSR count). The van der Waals surface area contributed by atoms with Gasteiger partial charge in [0.25, 0.3) is 0 Å². The maximum atomic E-state index is 5.95. The molecule has 0 N–H and O–H groups in total. The Morgan fingerprint density at radius 1 is 0.667 bits per heavy atom. The normalized spacial score (nSPS) is 12.8. The largest absolute Gasteiger partial charge is 0.379 e. The highest BCUT2D eigenvalue weighted by Gasteiger charge is 2.08. The van der Waals surface area contributed by atoms with E-state index in [2.05, 4.69) is 20.8 Å². The number of hydrogen-bond donors (Lipinski definition) is 0. The molecule has 1 atom stereocenters. The Morgan fingerprint density at radius 3 is 2.00 bits per heavy atom. The molecule has 0 aromatic rings. The Balaban J connectivity index is 3.51. The summed E-state index contributed by atoms with van der Waals surface area (Å²) in [5.41, 5.74) is 0. The predicted octanol–water partition coefficient (Wildman–Crippen LogP) is 4.96. The zero-order valence-corrected chi connectivity index (χ0v) is 12.9. The SMILES string of the molecule is CCCCCC(CCCC)OCCOCCCC. The van der Waals surface area contributed by atoms with Crippen LogP contribution in [0.2, 0.25) is 0 Å². The minimum atomic E-state index is 0.464. The van der Waals surface area contributed by atoms with Crippen molar-refractivity contribution in [1.82, 2.24) is 0 Å². The van der Waals surface area contributed by atoms with Crippen molar-refractivity contribution < 1.29 is 9.47 Å². The van der Waals surface area contributed by atoms with Crippen molar-refractivity contribution in [3.63, 3.8) is 0 Å². The molecule has 0 fully saturated rings. The Morgan fingerprint density at radius 2 is 1.33 bits per heavy atom. The van der Waals surface area contributed by atoms with Gasteiger partial charge in [0.05, 0.1) is 19.3 Å². The molecule has 2 heteroatoms. The predicted molar refractivity (Wildman–Crippen MR) is 79.1 cm³/mol. The van der Waals surface area contributed by atoms with Gasteiger partial charge in [0.15, 0.2) is 0 Å². The second-order valence-electron chi connectivity index (χ2n) is 5.10. The van der Waals surface area contributed by atoms with Crippen LogP contribution < -0.4 is 0 Å². The molecule has 1 unspecified atom stereocenters. The van der Waals surface area contributed by atoms with Gasteiger partial charge in [0.2, 0.25) is 0 Å². The maximum Gasteiger partial charge on any atom is 0.0704 e. The van der Waals surface area contributed by atoms with E-state index in [9.17, 15) is 0 Å². The lowest BCUT2D eigenvalue weighted by atomic mass is 10.1. The zero-order valence-electron chi connectivity index (χ0n) is 12.9. The summed E-state index contributed by atoms with van der Waals surface area (Å²) in [7, 11) is 0. The van der Waals surface area contributed by atoms with E-state index < -0.39 is 0 Å². The van der Waals surface area contributed by atoms with E-state index >= 15 is 0 Å². The lowest BCUT2D eigenvalue weighted by molar-refractivity contribution is -0.00428. The lowest BCUT2D eigenvalue weighted by Gasteiger charge is -2.17. The molecule has 0 aliphatic rings. The van der Waals surface area contributed by atoms with Gasteiger partial charge in [0, 0.05) is 6.61 Å². The topological polar surface area (TPSA) is 18.5 Å². The average Bonchev–Trinajstić information content (AvgIpc) is 2.39. The first-order valence-corrected chi connectivity index (χ1v) is 8.04. The van der Waals surface area contributed by atoms with Gasteiger partial charge in [-0.3, -0.25) is 0 Å². The Labute approximate surface area is 114 Å². The van der Waals surface area contributed by atoms with Crippen LogP contribution in [0.25, 0.3) is 0 Å². The van der Waals surface area contributed by atoms with E-state index in [4.69, 9.17) is 9.47 Å². The van der Waals surface area contributed by atoms with E-state index in [-0.39, 0.29) is 0 Å². The molecule has 0 heterocycles. The summed E-state index contributed by atoms with van der Waals surface area (Å²) in [5.74, 6) is 0. The van der Waals surface area contributed by atoms with Crippen molar-refractivity contribution in [2.45, 2.75) is 84.7 Å². The molecule has 0 spiro atoms. The monoisotopic (exact) mass is 258 g/mol. The number of rotatable bonds is 14. The number of unbranched alkanes of at least 4 members (excludes halogenated alkanes) is 4. The molecular formula is C16H34O2. The maximum absolute atomic E-state index is 5.95. The summed E-state index contributed by atoms with van der Waals surface area (Å²) < 4.78 is 11.5. The van der Waals surface area contributed by atoms with Crippen molar-refractivity contribution in [2.75, 3.05) is 19.8 Å². The third kappa shape index (κ3) is 12.4. The summed E-state index contributed by atoms with van der Waals surface area (Å²) in [6.45, 7) is 9.10. The van der Waals surface area contributed by atoms with Crippen molar-refractivity contribution in [3.05, 3.63) is 0 Å². The van der Waals surface area contributed by atoms with Crippen LogP contribution in [-0.2, 0) is 9.47 Å². The summed E-state index contributed by atoms with van der Waals surface area (Å²) >= 11 is 0. The van der Waals surface area contributed by atoms with Gasteiger partial charge in [0.1, 0.15) is 0 Å². The molecule has 0 bridgehead atoms. The van der Waals surface area contributed by atoms with E-state index in [1.54, 1.807) is 0 Å². The zero-order chi connectivity index (χ0) is 13.5. The Bertz CT molecular complexity index is 148. The van der Waals surface area contributed by atoms with E-state index in [1.807, 2.05) is 0 Å². The van der Waals surface area contributed by atoms with E-state index in [0.29, 0.717) is 6.10 Å². The number of hydrogen-bond acceptors (Lipinski definition) is 2. The average molecular weight is 258 g/mol. The molecule has 0 aliphatic carbocycles. The molecule has 0 saturated heterocycles.